The van der Waals surface area contributed by atoms with Crippen LogP contribution in [0.5, 0.6) is 5.75 Å². The smallest absolute Gasteiger partial charge is 0.251 e. The van der Waals surface area contributed by atoms with Gasteiger partial charge in [0.2, 0.25) is 5.89 Å². The molecule has 1 heterocycles. The van der Waals surface area contributed by atoms with Gasteiger partial charge in [-0.25, -0.2) is 4.98 Å². The Labute approximate surface area is 181 Å². The fourth-order valence-electron chi connectivity index (χ4n) is 3.12. The molecule has 0 atom stereocenters. The van der Waals surface area contributed by atoms with Crippen LogP contribution in [-0.4, -0.2) is 10.9 Å². The summed E-state index contributed by atoms with van der Waals surface area (Å²) in [5.41, 5.74) is 4.39. The van der Waals surface area contributed by atoms with E-state index in [1.54, 1.807) is 12.1 Å². The quantitative estimate of drug-likeness (QED) is 0.437. The van der Waals surface area contributed by atoms with Gasteiger partial charge in [-0.1, -0.05) is 48.0 Å². The second kappa shape index (κ2) is 9.30. The third kappa shape index (κ3) is 5.20. The molecule has 0 saturated heterocycles. The third-order valence-corrected chi connectivity index (χ3v) is 4.98. The average Bonchev–Trinajstić information content (AvgIpc) is 3.18. The van der Waals surface area contributed by atoms with Crippen molar-refractivity contribution < 1.29 is 13.9 Å². The summed E-state index contributed by atoms with van der Waals surface area (Å²) in [6, 6.07) is 24.9. The van der Waals surface area contributed by atoms with E-state index in [0.717, 1.165) is 22.6 Å². The van der Waals surface area contributed by atoms with Gasteiger partial charge in [0.1, 0.15) is 23.8 Å². The maximum absolute atomic E-state index is 12.4. The molecule has 0 spiro atoms. The van der Waals surface area contributed by atoms with Gasteiger partial charge >= 0.3 is 0 Å². The summed E-state index contributed by atoms with van der Waals surface area (Å²) in [6.07, 6.45) is 0. The van der Waals surface area contributed by atoms with Crippen LogP contribution in [0, 0.1) is 13.8 Å². The zero-order chi connectivity index (χ0) is 21.6. The van der Waals surface area contributed by atoms with Gasteiger partial charge in [0.25, 0.3) is 5.91 Å². The monoisotopic (exact) mass is 412 g/mol. The van der Waals surface area contributed by atoms with Crippen LogP contribution in [0.15, 0.2) is 83.3 Å². The summed E-state index contributed by atoms with van der Waals surface area (Å²) >= 11 is 0. The molecule has 5 nitrogen and oxygen atoms in total. The molecular formula is C26H24N2O3. The first-order valence-electron chi connectivity index (χ1n) is 10.2. The minimum Gasteiger partial charge on any atom is -0.487 e. The van der Waals surface area contributed by atoms with Crippen molar-refractivity contribution in [1.82, 2.24) is 10.3 Å². The summed E-state index contributed by atoms with van der Waals surface area (Å²) in [7, 11) is 0. The van der Waals surface area contributed by atoms with Crippen molar-refractivity contribution in [2.75, 3.05) is 0 Å². The number of hydrogen-bond acceptors (Lipinski definition) is 4. The topological polar surface area (TPSA) is 64.4 Å². The van der Waals surface area contributed by atoms with E-state index in [4.69, 9.17) is 9.15 Å². The predicted molar refractivity (Wildman–Crippen MR) is 120 cm³/mol. The Kier molecular flexibility index (Phi) is 6.13. The molecule has 0 unspecified atom stereocenters. The zero-order valence-electron chi connectivity index (χ0n) is 17.6. The summed E-state index contributed by atoms with van der Waals surface area (Å²) in [4.78, 5) is 17.0. The van der Waals surface area contributed by atoms with Gasteiger partial charge < -0.3 is 14.5 Å². The van der Waals surface area contributed by atoms with Crippen molar-refractivity contribution in [1.29, 1.82) is 0 Å². The van der Waals surface area contributed by atoms with Gasteiger partial charge in [-0.05, 0) is 55.8 Å². The summed E-state index contributed by atoms with van der Waals surface area (Å²) in [5.74, 6) is 1.90. The molecule has 0 aliphatic heterocycles. The Balaban J connectivity index is 1.38. The summed E-state index contributed by atoms with van der Waals surface area (Å²) in [5, 5.41) is 2.93. The third-order valence-electron chi connectivity index (χ3n) is 4.98. The molecule has 1 amide bonds. The molecule has 4 rings (SSSR count). The van der Waals surface area contributed by atoms with Crippen molar-refractivity contribution in [3.8, 4) is 17.2 Å². The molecular weight excluding hydrogens is 388 g/mol. The van der Waals surface area contributed by atoms with Gasteiger partial charge in [0.05, 0.1) is 0 Å². The molecule has 156 valence electrons. The second-order valence-electron chi connectivity index (χ2n) is 7.37. The number of oxazole rings is 1. The number of nitrogens with zero attached hydrogens (tertiary/aromatic N) is 1. The molecule has 0 aliphatic carbocycles. The maximum atomic E-state index is 12.4. The number of rotatable bonds is 7. The van der Waals surface area contributed by atoms with Crippen molar-refractivity contribution in [3.63, 3.8) is 0 Å². The van der Waals surface area contributed by atoms with Crippen LogP contribution in [0.4, 0.5) is 0 Å². The van der Waals surface area contributed by atoms with Crippen molar-refractivity contribution in [3.05, 3.63) is 107 Å². The predicted octanol–water partition coefficient (Wildman–Crippen LogP) is 5.47. The van der Waals surface area contributed by atoms with Crippen molar-refractivity contribution in [2.45, 2.75) is 27.0 Å². The first-order chi connectivity index (χ1) is 15.1. The van der Waals surface area contributed by atoms with Crippen LogP contribution in [-0.2, 0) is 13.2 Å². The first kappa shape index (κ1) is 20.4. The molecule has 0 fully saturated rings. The highest BCUT2D eigenvalue weighted by molar-refractivity contribution is 5.94. The Hall–Kier alpha value is -3.86. The molecule has 0 radical (unpaired) electrons. The SMILES string of the molecule is Cc1ccc(OCc2nc(-c3ccc(C(=O)NCc4ccccc4)cc3)oc2C)cc1. The van der Waals surface area contributed by atoms with Crippen molar-refractivity contribution >= 4 is 5.91 Å². The molecule has 4 aromatic rings. The second-order valence-corrected chi connectivity index (χ2v) is 7.37. The number of ether oxygens (including phenoxy) is 1. The molecule has 1 N–H and O–H groups in total. The van der Waals surface area contributed by atoms with Crippen LogP contribution in [0.25, 0.3) is 11.5 Å². The van der Waals surface area contributed by atoms with Gasteiger partial charge in [0.15, 0.2) is 0 Å². The summed E-state index contributed by atoms with van der Waals surface area (Å²) in [6.45, 7) is 4.73. The summed E-state index contributed by atoms with van der Waals surface area (Å²) < 4.78 is 11.6. The van der Waals surface area contributed by atoms with E-state index >= 15 is 0 Å². The Morgan fingerprint density at radius 2 is 1.65 bits per heavy atom. The number of aromatic nitrogens is 1. The highest BCUT2D eigenvalue weighted by Gasteiger charge is 2.13. The highest BCUT2D eigenvalue weighted by atomic mass is 16.5. The van der Waals surface area contributed by atoms with Crippen LogP contribution < -0.4 is 10.1 Å². The van der Waals surface area contributed by atoms with Crippen molar-refractivity contribution in [2.24, 2.45) is 0 Å². The molecule has 0 aliphatic rings. The van der Waals surface area contributed by atoms with Crippen LogP contribution in [0.2, 0.25) is 0 Å². The van der Waals surface area contributed by atoms with Gasteiger partial charge in [0, 0.05) is 17.7 Å². The lowest BCUT2D eigenvalue weighted by Crippen LogP contribution is -2.22. The number of amides is 1. The van der Waals surface area contributed by atoms with E-state index in [0.29, 0.717) is 30.4 Å². The fraction of sp³-hybridized carbons (Fsp3) is 0.154. The van der Waals surface area contributed by atoms with Gasteiger partial charge in [-0.15, -0.1) is 0 Å². The lowest BCUT2D eigenvalue weighted by Gasteiger charge is -2.06. The average molecular weight is 412 g/mol. The van der Waals surface area contributed by atoms with E-state index in [9.17, 15) is 4.79 Å². The Morgan fingerprint density at radius 1 is 0.935 bits per heavy atom. The molecule has 1 aromatic heterocycles. The number of aryl methyl sites for hydroxylation is 2. The molecule has 0 saturated carbocycles. The maximum Gasteiger partial charge on any atom is 0.251 e. The number of hydrogen-bond donors (Lipinski definition) is 1. The van der Waals surface area contributed by atoms with E-state index in [2.05, 4.69) is 10.3 Å². The first-order valence-corrected chi connectivity index (χ1v) is 10.2. The van der Waals surface area contributed by atoms with E-state index < -0.39 is 0 Å². The largest absolute Gasteiger partial charge is 0.487 e. The number of benzene rings is 3. The number of carbonyl (C=O) groups is 1. The van der Waals surface area contributed by atoms with Crippen LogP contribution in [0.3, 0.4) is 0 Å². The molecule has 0 bridgehead atoms. The van der Waals surface area contributed by atoms with E-state index in [1.165, 1.54) is 5.56 Å². The fourth-order valence-corrected chi connectivity index (χ4v) is 3.12. The Morgan fingerprint density at radius 3 is 2.35 bits per heavy atom. The normalized spacial score (nSPS) is 10.6. The molecule has 5 heteroatoms. The lowest BCUT2D eigenvalue weighted by atomic mass is 10.1. The van der Waals surface area contributed by atoms with Crippen LogP contribution >= 0.6 is 0 Å². The van der Waals surface area contributed by atoms with Gasteiger partial charge in [-0.3, -0.25) is 4.79 Å². The molecule has 31 heavy (non-hydrogen) atoms. The molecule has 3 aromatic carbocycles. The lowest BCUT2D eigenvalue weighted by molar-refractivity contribution is 0.0951. The minimum atomic E-state index is -0.119. The number of nitrogens with one attached hydrogen (secondary N) is 1. The highest BCUT2D eigenvalue weighted by Crippen LogP contribution is 2.23. The van der Waals surface area contributed by atoms with E-state index in [1.807, 2.05) is 80.6 Å². The zero-order valence-corrected chi connectivity index (χ0v) is 17.6. The van der Waals surface area contributed by atoms with Crippen LogP contribution in [0.1, 0.15) is 32.9 Å². The van der Waals surface area contributed by atoms with Gasteiger partial charge in [-0.2, -0.15) is 0 Å². The Bertz CT molecular complexity index is 1150. The number of carbonyl (C=O) groups excluding carboxylic acids is 1. The standard InChI is InChI=1S/C26H24N2O3/c1-18-8-14-23(15-9-18)30-17-24-19(2)31-26(28-24)22-12-10-21(11-13-22)25(29)27-16-20-6-4-3-5-7-20/h3-15H,16-17H2,1-2H3,(H,27,29). The minimum absolute atomic E-state index is 0.119. The van der Waals surface area contributed by atoms with E-state index in [-0.39, 0.29) is 5.91 Å².